The summed E-state index contributed by atoms with van der Waals surface area (Å²) in [5.74, 6) is 0.597. The third-order valence-electron chi connectivity index (χ3n) is 4.07. The van der Waals surface area contributed by atoms with Gasteiger partial charge in [0, 0.05) is 17.3 Å². The lowest BCUT2D eigenvalue weighted by Crippen LogP contribution is -2.15. The molecule has 0 fully saturated rings. The van der Waals surface area contributed by atoms with Crippen LogP contribution in [0.25, 0.3) is 0 Å². The summed E-state index contributed by atoms with van der Waals surface area (Å²) in [5, 5.41) is 2.74. The standard InChI is InChI=1S/C21H21BrN4O5S/c1-13(2)31-18-9-4-14(10-17(18)22)21(27)25-15-5-7-16(8-6-15)32(28,29)26-19-11-20(30-3)24-12-23-19/h4-13H,1-3H3,(H,25,27)(H,23,24,26). The minimum absolute atomic E-state index is 0.00556. The smallest absolute Gasteiger partial charge is 0.263 e. The lowest BCUT2D eigenvalue weighted by Gasteiger charge is -2.13. The summed E-state index contributed by atoms with van der Waals surface area (Å²) in [6.07, 6.45) is 1.20. The first-order valence-corrected chi connectivity index (χ1v) is 11.7. The molecule has 2 N–H and O–H groups in total. The number of sulfonamides is 1. The van der Waals surface area contributed by atoms with Crippen molar-refractivity contribution >= 4 is 43.4 Å². The van der Waals surface area contributed by atoms with Crippen LogP contribution in [0.5, 0.6) is 11.6 Å². The molecule has 1 aromatic heterocycles. The molecule has 3 aromatic rings. The van der Waals surface area contributed by atoms with Gasteiger partial charge in [0.25, 0.3) is 15.9 Å². The maximum atomic E-state index is 12.6. The fourth-order valence-corrected chi connectivity index (χ4v) is 4.09. The molecule has 0 aliphatic heterocycles. The van der Waals surface area contributed by atoms with Crippen LogP contribution in [-0.4, -0.2) is 37.5 Å². The summed E-state index contributed by atoms with van der Waals surface area (Å²) in [6.45, 7) is 3.83. The number of anilines is 2. The molecule has 0 bridgehead atoms. The summed E-state index contributed by atoms with van der Waals surface area (Å²) < 4.78 is 38.8. The number of benzene rings is 2. The zero-order chi connectivity index (χ0) is 23.3. The number of aromatic nitrogens is 2. The van der Waals surface area contributed by atoms with Gasteiger partial charge in [-0.15, -0.1) is 0 Å². The molecule has 168 valence electrons. The number of halogens is 1. The second-order valence-electron chi connectivity index (χ2n) is 6.84. The van der Waals surface area contributed by atoms with E-state index in [-0.39, 0.29) is 28.6 Å². The van der Waals surface area contributed by atoms with Gasteiger partial charge in [-0.1, -0.05) is 0 Å². The molecule has 0 unspecified atom stereocenters. The molecular formula is C21H21BrN4O5S. The maximum Gasteiger partial charge on any atom is 0.263 e. The Morgan fingerprint density at radius 2 is 1.78 bits per heavy atom. The summed E-state index contributed by atoms with van der Waals surface area (Å²) in [7, 11) is -2.47. The van der Waals surface area contributed by atoms with Gasteiger partial charge >= 0.3 is 0 Å². The van der Waals surface area contributed by atoms with E-state index in [4.69, 9.17) is 9.47 Å². The largest absolute Gasteiger partial charge is 0.490 e. The average molecular weight is 521 g/mol. The van der Waals surface area contributed by atoms with E-state index in [0.717, 1.165) is 0 Å². The van der Waals surface area contributed by atoms with Crippen molar-refractivity contribution in [2.75, 3.05) is 17.1 Å². The van der Waals surface area contributed by atoms with Crippen LogP contribution in [-0.2, 0) is 10.0 Å². The Balaban J connectivity index is 1.70. The minimum Gasteiger partial charge on any atom is -0.490 e. The highest BCUT2D eigenvalue weighted by Gasteiger charge is 2.16. The number of ether oxygens (including phenoxy) is 2. The Labute approximate surface area is 194 Å². The Morgan fingerprint density at radius 1 is 1.06 bits per heavy atom. The normalized spacial score (nSPS) is 11.2. The zero-order valence-corrected chi connectivity index (χ0v) is 19.9. The highest BCUT2D eigenvalue weighted by atomic mass is 79.9. The van der Waals surface area contributed by atoms with Crippen LogP contribution in [0.2, 0.25) is 0 Å². The van der Waals surface area contributed by atoms with E-state index in [0.29, 0.717) is 21.5 Å². The fourth-order valence-electron chi connectivity index (χ4n) is 2.62. The number of carbonyl (C=O) groups is 1. The molecule has 0 radical (unpaired) electrons. The van der Waals surface area contributed by atoms with Crippen molar-refractivity contribution < 1.29 is 22.7 Å². The molecule has 3 rings (SSSR count). The summed E-state index contributed by atoms with van der Waals surface area (Å²) >= 11 is 3.40. The minimum atomic E-state index is -3.88. The van der Waals surface area contributed by atoms with Crippen LogP contribution in [0, 0.1) is 0 Å². The highest BCUT2D eigenvalue weighted by Crippen LogP contribution is 2.27. The molecular weight excluding hydrogens is 500 g/mol. The predicted molar refractivity (Wildman–Crippen MR) is 124 cm³/mol. The van der Waals surface area contributed by atoms with Crippen molar-refractivity contribution in [2.24, 2.45) is 0 Å². The van der Waals surface area contributed by atoms with Crippen LogP contribution in [0.1, 0.15) is 24.2 Å². The van der Waals surface area contributed by atoms with Crippen molar-refractivity contribution in [2.45, 2.75) is 24.8 Å². The lowest BCUT2D eigenvalue weighted by atomic mass is 10.2. The summed E-state index contributed by atoms with van der Waals surface area (Å²) in [6, 6.07) is 12.1. The third kappa shape index (κ3) is 5.95. The van der Waals surface area contributed by atoms with Crippen LogP contribution >= 0.6 is 15.9 Å². The van der Waals surface area contributed by atoms with E-state index < -0.39 is 10.0 Å². The first-order chi connectivity index (χ1) is 15.2. The molecule has 32 heavy (non-hydrogen) atoms. The van der Waals surface area contributed by atoms with Gasteiger partial charge in [0.05, 0.1) is 22.6 Å². The van der Waals surface area contributed by atoms with Crippen LogP contribution in [0.15, 0.2) is 64.2 Å². The average Bonchev–Trinajstić information content (AvgIpc) is 2.75. The van der Waals surface area contributed by atoms with E-state index in [2.05, 4.69) is 35.9 Å². The SMILES string of the molecule is COc1cc(NS(=O)(=O)c2ccc(NC(=O)c3ccc(OC(C)C)c(Br)c3)cc2)ncn1. The fraction of sp³-hybridized carbons (Fsp3) is 0.190. The topological polar surface area (TPSA) is 120 Å². The molecule has 0 aliphatic carbocycles. The van der Waals surface area contributed by atoms with Crippen LogP contribution in [0.3, 0.4) is 0 Å². The van der Waals surface area contributed by atoms with Crippen molar-refractivity contribution in [3.05, 3.63) is 64.9 Å². The number of hydrogen-bond donors (Lipinski definition) is 2. The van der Waals surface area contributed by atoms with Crippen molar-refractivity contribution in [1.29, 1.82) is 0 Å². The highest BCUT2D eigenvalue weighted by molar-refractivity contribution is 9.10. The first-order valence-electron chi connectivity index (χ1n) is 9.44. The second kappa shape index (κ2) is 9.96. The molecule has 0 atom stereocenters. The Bertz CT molecular complexity index is 1220. The van der Waals surface area contributed by atoms with E-state index in [9.17, 15) is 13.2 Å². The number of nitrogens with one attached hydrogen (secondary N) is 2. The molecule has 9 nitrogen and oxygen atoms in total. The molecule has 0 spiro atoms. The molecule has 11 heteroatoms. The predicted octanol–water partition coefficient (Wildman–Crippen LogP) is 4.09. The van der Waals surface area contributed by atoms with Gasteiger partial charge < -0.3 is 14.8 Å². The third-order valence-corrected chi connectivity index (χ3v) is 6.06. The van der Waals surface area contributed by atoms with Crippen molar-refractivity contribution in [3.8, 4) is 11.6 Å². The Kier molecular flexibility index (Phi) is 7.31. The van der Waals surface area contributed by atoms with E-state index in [1.807, 2.05) is 13.8 Å². The molecule has 0 aliphatic rings. The molecule has 2 aromatic carbocycles. The van der Waals surface area contributed by atoms with E-state index >= 15 is 0 Å². The number of rotatable bonds is 8. The molecule has 1 heterocycles. The number of nitrogens with zero attached hydrogens (tertiary/aromatic N) is 2. The second-order valence-corrected chi connectivity index (χ2v) is 9.38. The summed E-state index contributed by atoms with van der Waals surface area (Å²) in [4.78, 5) is 20.3. The van der Waals surface area contributed by atoms with Crippen molar-refractivity contribution in [3.63, 3.8) is 0 Å². The quantitative estimate of drug-likeness (QED) is 0.458. The van der Waals surface area contributed by atoms with E-state index in [1.165, 1.54) is 43.8 Å². The number of carbonyl (C=O) groups excluding carboxylic acids is 1. The van der Waals surface area contributed by atoms with Gasteiger partial charge in [-0.2, -0.15) is 0 Å². The lowest BCUT2D eigenvalue weighted by molar-refractivity contribution is 0.102. The summed E-state index contributed by atoms with van der Waals surface area (Å²) in [5.41, 5.74) is 0.861. The monoisotopic (exact) mass is 520 g/mol. The van der Waals surface area contributed by atoms with Gasteiger partial charge in [-0.25, -0.2) is 18.4 Å². The molecule has 1 amide bonds. The molecule has 0 saturated heterocycles. The number of amides is 1. The van der Waals surface area contributed by atoms with Gasteiger partial charge in [0.1, 0.15) is 17.9 Å². The van der Waals surface area contributed by atoms with Crippen molar-refractivity contribution in [1.82, 2.24) is 9.97 Å². The Hall–Kier alpha value is -3.18. The van der Waals surface area contributed by atoms with Gasteiger partial charge in [-0.3, -0.25) is 9.52 Å². The number of methoxy groups -OCH3 is 1. The van der Waals surface area contributed by atoms with Crippen LogP contribution < -0.4 is 19.5 Å². The molecule has 0 saturated carbocycles. The van der Waals surface area contributed by atoms with Gasteiger partial charge in [0.15, 0.2) is 0 Å². The van der Waals surface area contributed by atoms with Gasteiger partial charge in [0.2, 0.25) is 5.88 Å². The Morgan fingerprint density at radius 3 is 2.41 bits per heavy atom. The first kappa shape index (κ1) is 23.5. The number of hydrogen-bond acceptors (Lipinski definition) is 7. The van der Waals surface area contributed by atoms with Crippen LogP contribution in [0.4, 0.5) is 11.5 Å². The van der Waals surface area contributed by atoms with Gasteiger partial charge in [-0.05, 0) is 72.2 Å². The zero-order valence-electron chi connectivity index (χ0n) is 17.5. The van der Waals surface area contributed by atoms with E-state index in [1.54, 1.807) is 18.2 Å². The maximum absolute atomic E-state index is 12.6.